The molecule has 0 bridgehead atoms. The molecule has 0 aliphatic rings. The molecular formula is C18H18N2O2. The monoisotopic (exact) mass is 294 g/mol. The highest BCUT2D eigenvalue weighted by Gasteiger charge is 2.14. The number of amides is 1. The smallest absolute Gasteiger partial charge is 0.259 e. The zero-order valence-electron chi connectivity index (χ0n) is 12.7. The molecule has 1 N–H and O–H groups in total. The van der Waals surface area contributed by atoms with Crippen molar-refractivity contribution in [1.29, 1.82) is 5.26 Å². The second-order valence-corrected chi connectivity index (χ2v) is 5.31. The first-order chi connectivity index (χ1) is 10.6. The van der Waals surface area contributed by atoms with Crippen LogP contribution in [0.1, 0.15) is 29.8 Å². The molecular weight excluding hydrogens is 276 g/mol. The van der Waals surface area contributed by atoms with Gasteiger partial charge in [0, 0.05) is 0 Å². The molecule has 0 spiro atoms. The number of ether oxygens (including phenoxy) is 1. The summed E-state index contributed by atoms with van der Waals surface area (Å²) >= 11 is 0. The Morgan fingerprint density at radius 1 is 1.18 bits per heavy atom. The molecule has 2 aromatic carbocycles. The fraction of sp³-hybridized carbons (Fsp3) is 0.222. The molecule has 0 radical (unpaired) electrons. The lowest BCUT2D eigenvalue weighted by molar-refractivity contribution is 0.102. The van der Waals surface area contributed by atoms with E-state index < -0.39 is 0 Å². The van der Waals surface area contributed by atoms with E-state index in [9.17, 15) is 4.79 Å². The number of anilines is 1. The van der Waals surface area contributed by atoms with Crippen LogP contribution in [-0.2, 0) is 0 Å². The summed E-state index contributed by atoms with van der Waals surface area (Å²) in [6, 6.07) is 16.1. The van der Waals surface area contributed by atoms with Gasteiger partial charge in [-0.3, -0.25) is 4.79 Å². The summed E-state index contributed by atoms with van der Waals surface area (Å²) in [5.41, 5.74) is 1.38. The van der Waals surface area contributed by atoms with Gasteiger partial charge < -0.3 is 10.1 Å². The number of nitriles is 1. The maximum Gasteiger partial charge on any atom is 0.259 e. The molecule has 0 heterocycles. The Balaban J connectivity index is 2.21. The molecule has 0 unspecified atom stereocenters. The largest absolute Gasteiger partial charge is 0.492 e. The van der Waals surface area contributed by atoms with Gasteiger partial charge in [-0.05, 0) is 30.2 Å². The van der Waals surface area contributed by atoms with Crippen LogP contribution in [0, 0.1) is 17.2 Å². The number of para-hydroxylation sites is 2. The molecule has 0 aromatic heterocycles. The minimum absolute atomic E-state index is 0.290. The van der Waals surface area contributed by atoms with Gasteiger partial charge in [-0.25, -0.2) is 0 Å². The fourth-order valence-corrected chi connectivity index (χ4v) is 1.92. The summed E-state index contributed by atoms with van der Waals surface area (Å²) < 4.78 is 5.69. The Hall–Kier alpha value is -2.80. The molecule has 0 fully saturated rings. The van der Waals surface area contributed by atoms with Crippen LogP contribution >= 0.6 is 0 Å². The first kappa shape index (κ1) is 15.6. The van der Waals surface area contributed by atoms with Crippen molar-refractivity contribution in [3.8, 4) is 11.8 Å². The van der Waals surface area contributed by atoms with Gasteiger partial charge in [0.25, 0.3) is 5.91 Å². The quantitative estimate of drug-likeness (QED) is 0.911. The normalized spacial score (nSPS) is 10.1. The zero-order valence-corrected chi connectivity index (χ0v) is 12.7. The maximum atomic E-state index is 12.4. The Bertz CT molecular complexity index is 702. The van der Waals surface area contributed by atoms with E-state index in [1.807, 2.05) is 19.9 Å². The molecule has 4 nitrogen and oxygen atoms in total. The summed E-state index contributed by atoms with van der Waals surface area (Å²) in [7, 11) is 0. The molecule has 0 saturated carbocycles. The van der Waals surface area contributed by atoms with Crippen LogP contribution in [0.3, 0.4) is 0 Å². The Morgan fingerprint density at radius 3 is 2.59 bits per heavy atom. The lowest BCUT2D eigenvalue weighted by Crippen LogP contribution is -2.15. The number of hydrogen-bond donors (Lipinski definition) is 1. The van der Waals surface area contributed by atoms with Gasteiger partial charge in [0.1, 0.15) is 11.8 Å². The summed E-state index contributed by atoms with van der Waals surface area (Å²) in [4.78, 5) is 12.4. The Morgan fingerprint density at radius 2 is 1.86 bits per heavy atom. The summed E-state index contributed by atoms with van der Waals surface area (Å²) in [6.45, 7) is 4.64. The average Bonchev–Trinajstić information content (AvgIpc) is 2.53. The predicted molar refractivity (Wildman–Crippen MR) is 85.9 cm³/mol. The van der Waals surface area contributed by atoms with Crippen molar-refractivity contribution >= 4 is 11.6 Å². The number of rotatable bonds is 5. The molecule has 0 aliphatic carbocycles. The van der Waals surface area contributed by atoms with Crippen molar-refractivity contribution in [2.45, 2.75) is 13.8 Å². The number of nitrogens with zero attached hydrogens (tertiary/aromatic N) is 1. The molecule has 2 aromatic rings. The van der Waals surface area contributed by atoms with Crippen molar-refractivity contribution in [2.24, 2.45) is 5.92 Å². The lowest BCUT2D eigenvalue weighted by Gasteiger charge is -2.13. The van der Waals surface area contributed by atoms with E-state index in [2.05, 4.69) is 11.4 Å². The Labute approximate surface area is 130 Å². The van der Waals surface area contributed by atoms with E-state index in [-0.39, 0.29) is 5.91 Å². The van der Waals surface area contributed by atoms with E-state index in [0.717, 1.165) is 0 Å². The molecule has 22 heavy (non-hydrogen) atoms. The number of carbonyl (C=O) groups excluding carboxylic acids is 1. The number of benzene rings is 2. The zero-order chi connectivity index (χ0) is 15.9. The number of carbonyl (C=O) groups is 1. The molecule has 4 heteroatoms. The average molecular weight is 294 g/mol. The first-order valence-corrected chi connectivity index (χ1v) is 7.14. The highest BCUT2D eigenvalue weighted by molar-refractivity contribution is 6.06. The van der Waals surface area contributed by atoms with Crippen LogP contribution < -0.4 is 10.1 Å². The standard InChI is InChI=1S/C18H18N2O2/c1-13(2)12-22-17-10-6-4-8-15(17)18(21)20-16-9-5-3-7-14(16)11-19/h3-10,13H,12H2,1-2H3,(H,20,21). The van der Waals surface area contributed by atoms with Gasteiger partial charge in [0.05, 0.1) is 23.4 Å². The minimum atomic E-state index is -0.290. The van der Waals surface area contributed by atoms with Gasteiger partial charge in [-0.2, -0.15) is 5.26 Å². The first-order valence-electron chi connectivity index (χ1n) is 7.14. The van der Waals surface area contributed by atoms with E-state index in [0.29, 0.717) is 35.1 Å². The third-order valence-electron chi connectivity index (χ3n) is 3.00. The predicted octanol–water partition coefficient (Wildman–Crippen LogP) is 3.85. The molecule has 112 valence electrons. The van der Waals surface area contributed by atoms with Crippen molar-refractivity contribution in [3.63, 3.8) is 0 Å². The molecule has 1 amide bonds. The molecule has 2 rings (SSSR count). The third-order valence-corrected chi connectivity index (χ3v) is 3.00. The molecule has 0 atom stereocenters. The van der Waals surface area contributed by atoms with Gasteiger partial charge in [0.2, 0.25) is 0 Å². The fourth-order valence-electron chi connectivity index (χ4n) is 1.92. The van der Waals surface area contributed by atoms with Gasteiger partial charge in [0.15, 0.2) is 0 Å². The van der Waals surface area contributed by atoms with Crippen LogP contribution in [-0.4, -0.2) is 12.5 Å². The third kappa shape index (κ3) is 3.86. The topological polar surface area (TPSA) is 62.1 Å². The highest BCUT2D eigenvalue weighted by Crippen LogP contribution is 2.21. The molecule has 0 aliphatic heterocycles. The van der Waals surface area contributed by atoms with Crippen LogP contribution in [0.4, 0.5) is 5.69 Å². The summed E-state index contributed by atoms with van der Waals surface area (Å²) in [5, 5.41) is 11.8. The summed E-state index contributed by atoms with van der Waals surface area (Å²) in [6.07, 6.45) is 0. The number of hydrogen-bond acceptors (Lipinski definition) is 3. The second kappa shape index (κ2) is 7.28. The van der Waals surface area contributed by atoms with Crippen molar-refractivity contribution in [1.82, 2.24) is 0 Å². The van der Waals surface area contributed by atoms with Crippen LogP contribution in [0.25, 0.3) is 0 Å². The van der Waals surface area contributed by atoms with E-state index >= 15 is 0 Å². The van der Waals surface area contributed by atoms with E-state index in [1.165, 1.54) is 0 Å². The van der Waals surface area contributed by atoms with Gasteiger partial charge in [-0.1, -0.05) is 38.1 Å². The second-order valence-electron chi connectivity index (χ2n) is 5.31. The van der Waals surface area contributed by atoms with Crippen molar-refractivity contribution < 1.29 is 9.53 Å². The maximum absolute atomic E-state index is 12.4. The van der Waals surface area contributed by atoms with E-state index in [4.69, 9.17) is 10.00 Å². The van der Waals surface area contributed by atoms with Crippen LogP contribution in [0.2, 0.25) is 0 Å². The Kier molecular flexibility index (Phi) is 5.16. The lowest BCUT2D eigenvalue weighted by atomic mass is 10.1. The van der Waals surface area contributed by atoms with Gasteiger partial charge >= 0.3 is 0 Å². The van der Waals surface area contributed by atoms with Crippen molar-refractivity contribution in [3.05, 3.63) is 59.7 Å². The van der Waals surface area contributed by atoms with Gasteiger partial charge in [-0.15, -0.1) is 0 Å². The highest BCUT2D eigenvalue weighted by atomic mass is 16.5. The van der Waals surface area contributed by atoms with Crippen molar-refractivity contribution in [2.75, 3.05) is 11.9 Å². The molecule has 0 saturated heterocycles. The SMILES string of the molecule is CC(C)COc1ccccc1C(=O)Nc1ccccc1C#N. The van der Waals surface area contributed by atoms with E-state index in [1.54, 1.807) is 42.5 Å². The number of nitrogens with one attached hydrogen (secondary N) is 1. The minimum Gasteiger partial charge on any atom is -0.492 e. The van der Waals surface area contributed by atoms with Crippen LogP contribution in [0.15, 0.2) is 48.5 Å². The van der Waals surface area contributed by atoms with Crippen LogP contribution in [0.5, 0.6) is 5.75 Å². The summed E-state index contributed by atoms with van der Waals surface area (Å²) in [5.74, 6) is 0.626.